The highest BCUT2D eigenvalue weighted by molar-refractivity contribution is 9.10. The summed E-state index contributed by atoms with van der Waals surface area (Å²) in [6.45, 7) is 8.51. The minimum atomic E-state index is 0.277. The Hall–Kier alpha value is -0.620. The van der Waals surface area contributed by atoms with Crippen molar-refractivity contribution in [3.63, 3.8) is 0 Å². The van der Waals surface area contributed by atoms with E-state index in [1.165, 1.54) is 11.3 Å². The lowest BCUT2D eigenvalue weighted by Gasteiger charge is -2.39. The van der Waals surface area contributed by atoms with Gasteiger partial charge in [0, 0.05) is 42.9 Å². The van der Waals surface area contributed by atoms with Gasteiger partial charge < -0.3 is 19.7 Å². The van der Waals surface area contributed by atoms with Gasteiger partial charge in [-0.1, -0.05) is 15.9 Å². The van der Waals surface area contributed by atoms with Crippen LogP contribution in [0.4, 0.5) is 5.69 Å². The van der Waals surface area contributed by atoms with Crippen LogP contribution < -0.4 is 10.2 Å². The van der Waals surface area contributed by atoms with Crippen molar-refractivity contribution < 1.29 is 9.47 Å². The molecule has 21 heavy (non-hydrogen) atoms. The number of hydrogen-bond acceptors (Lipinski definition) is 4. The number of rotatable bonds is 6. The maximum atomic E-state index is 5.74. The van der Waals surface area contributed by atoms with Crippen LogP contribution in [0.15, 0.2) is 22.7 Å². The molecule has 1 saturated heterocycles. The van der Waals surface area contributed by atoms with Gasteiger partial charge in [-0.2, -0.15) is 0 Å². The molecule has 1 aromatic carbocycles. The molecule has 1 fully saturated rings. The summed E-state index contributed by atoms with van der Waals surface area (Å²) in [7, 11) is 1.73. The van der Waals surface area contributed by atoms with E-state index in [1.54, 1.807) is 7.11 Å². The lowest BCUT2D eigenvalue weighted by molar-refractivity contribution is 0.0343. The van der Waals surface area contributed by atoms with Crippen LogP contribution in [-0.2, 0) is 16.0 Å². The van der Waals surface area contributed by atoms with Crippen molar-refractivity contribution in [3.05, 3.63) is 28.2 Å². The van der Waals surface area contributed by atoms with Crippen molar-refractivity contribution in [2.75, 3.05) is 38.3 Å². The molecule has 2 unspecified atom stereocenters. The maximum Gasteiger partial charge on any atom is 0.0723 e. The maximum absolute atomic E-state index is 5.74. The van der Waals surface area contributed by atoms with Crippen LogP contribution in [0.3, 0.4) is 0 Å². The summed E-state index contributed by atoms with van der Waals surface area (Å²) in [4.78, 5) is 2.45. The summed E-state index contributed by atoms with van der Waals surface area (Å²) < 4.78 is 11.9. The van der Waals surface area contributed by atoms with Gasteiger partial charge >= 0.3 is 0 Å². The van der Waals surface area contributed by atoms with Gasteiger partial charge in [0.15, 0.2) is 0 Å². The van der Waals surface area contributed by atoms with E-state index in [0.717, 1.165) is 37.3 Å². The summed E-state index contributed by atoms with van der Waals surface area (Å²) in [5, 5.41) is 3.43. The van der Waals surface area contributed by atoms with Crippen molar-refractivity contribution in [1.82, 2.24) is 5.32 Å². The molecule has 0 saturated carbocycles. The largest absolute Gasteiger partial charge is 0.383 e. The molecular weight excluding hydrogens is 332 g/mol. The molecule has 1 heterocycles. The number of nitrogens with zero attached hydrogens (tertiary/aromatic N) is 1. The fraction of sp³-hybridized carbons (Fsp3) is 0.625. The first kappa shape index (κ1) is 16.7. The highest BCUT2D eigenvalue weighted by Gasteiger charge is 2.25. The summed E-state index contributed by atoms with van der Waals surface area (Å²) in [5.41, 5.74) is 2.60. The van der Waals surface area contributed by atoms with E-state index in [1.807, 2.05) is 0 Å². The molecule has 5 heteroatoms. The quantitative estimate of drug-likeness (QED) is 0.794. The fourth-order valence-electron chi connectivity index (χ4n) is 2.61. The number of methoxy groups -OCH3 is 1. The molecule has 0 aliphatic carbocycles. The van der Waals surface area contributed by atoms with Crippen LogP contribution in [0.5, 0.6) is 0 Å². The number of anilines is 1. The Kier molecular flexibility index (Phi) is 6.48. The van der Waals surface area contributed by atoms with Crippen LogP contribution in [-0.4, -0.2) is 45.6 Å². The van der Waals surface area contributed by atoms with Crippen LogP contribution >= 0.6 is 15.9 Å². The monoisotopic (exact) mass is 356 g/mol. The predicted octanol–water partition coefficient (Wildman–Crippen LogP) is 2.80. The Balaban J connectivity index is 2.13. The molecule has 1 N–H and O–H groups in total. The lowest BCUT2D eigenvalue weighted by Crippen LogP contribution is -2.47. The zero-order valence-electron chi connectivity index (χ0n) is 13.1. The van der Waals surface area contributed by atoms with Crippen molar-refractivity contribution in [3.8, 4) is 0 Å². The topological polar surface area (TPSA) is 33.7 Å². The molecular formula is C16H25BrN2O2. The van der Waals surface area contributed by atoms with E-state index in [-0.39, 0.29) is 6.10 Å². The summed E-state index contributed by atoms with van der Waals surface area (Å²) >= 11 is 3.57. The van der Waals surface area contributed by atoms with Gasteiger partial charge in [0.2, 0.25) is 0 Å². The van der Waals surface area contributed by atoms with Crippen molar-refractivity contribution in [1.29, 1.82) is 0 Å². The Labute approximate surface area is 135 Å². The number of ether oxygens (including phenoxy) is 2. The van der Waals surface area contributed by atoms with Crippen LogP contribution in [0.1, 0.15) is 19.4 Å². The molecule has 0 radical (unpaired) electrons. The zero-order chi connectivity index (χ0) is 15.2. The van der Waals surface area contributed by atoms with Crippen molar-refractivity contribution >= 4 is 21.6 Å². The van der Waals surface area contributed by atoms with Gasteiger partial charge in [-0.15, -0.1) is 0 Å². The van der Waals surface area contributed by atoms with Crippen LogP contribution in [0, 0.1) is 0 Å². The molecule has 0 bridgehead atoms. The Bertz CT molecular complexity index is 456. The average molecular weight is 357 g/mol. The van der Waals surface area contributed by atoms with E-state index < -0.39 is 0 Å². The van der Waals surface area contributed by atoms with Crippen molar-refractivity contribution in [2.24, 2.45) is 0 Å². The predicted molar refractivity (Wildman–Crippen MR) is 89.9 cm³/mol. The molecule has 2 rings (SSSR count). The van der Waals surface area contributed by atoms with Gasteiger partial charge in [0.25, 0.3) is 0 Å². The molecule has 118 valence electrons. The van der Waals surface area contributed by atoms with Crippen LogP contribution in [0.2, 0.25) is 0 Å². The standard InChI is InChI=1S/C16H25BrN2O2/c1-12-11-21-13(2)10-19(12)16-5-4-15(17)8-14(16)9-18-6-7-20-3/h4-5,8,12-13,18H,6-7,9-11H2,1-3H3. The second-order valence-electron chi connectivity index (χ2n) is 5.59. The number of morpholine rings is 1. The first-order valence-electron chi connectivity index (χ1n) is 7.48. The summed E-state index contributed by atoms with van der Waals surface area (Å²) in [6.07, 6.45) is 0.277. The molecule has 1 aromatic rings. The third-order valence-electron chi connectivity index (χ3n) is 3.76. The van der Waals surface area contributed by atoms with E-state index in [4.69, 9.17) is 9.47 Å². The van der Waals surface area contributed by atoms with E-state index in [0.29, 0.717) is 6.04 Å². The third kappa shape index (κ3) is 4.68. The van der Waals surface area contributed by atoms with Crippen molar-refractivity contribution in [2.45, 2.75) is 32.5 Å². The Morgan fingerprint density at radius 3 is 3.00 bits per heavy atom. The van der Waals surface area contributed by atoms with E-state index in [9.17, 15) is 0 Å². The van der Waals surface area contributed by atoms with Gasteiger partial charge in [0.05, 0.1) is 19.3 Å². The molecule has 1 aliphatic rings. The number of halogens is 1. The van der Waals surface area contributed by atoms with E-state index in [2.05, 4.69) is 58.2 Å². The highest BCUT2D eigenvalue weighted by atomic mass is 79.9. The number of nitrogens with one attached hydrogen (secondary N) is 1. The Morgan fingerprint density at radius 2 is 2.24 bits per heavy atom. The minimum Gasteiger partial charge on any atom is -0.383 e. The second kappa shape index (κ2) is 8.13. The molecule has 1 aliphatic heterocycles. The number of hydrogen-bond donors (Lipinski definition) is 1. The fourth-order valence-corrected chi connectivity index (χ4v) is 3.02. The Morgan fingerprint density at radius 1 is 1.43 bits per heavy atom. The molecule has 2 atom stereocenters. The molecule has 0 aromatic heterocycles. The third-order valence-corrected chi connectivity index (χ3v) is 4.25. The summed E-state index contributed by atoms with van der Waals surface area (Å²) in [5.74, 6) is 0. The number of benzene rings is 1. The average Bonchev–Trinajstić information content (AvgIpc) is 2.47. The van der Waals surface area contributed by atoms with Gasteiger partial charge in [-0.05, 0) is 37.6 Å². The highest BCUT2D eigenvalue weighted by Crippen LogP contribution is 2.28. The second-order valence-corrected chi connectivity index (χ2v) is 6.50. The minimum absolute atomic E-state index is 0.277. The molecule has 0 amide bonds. The molecule has 4 nitrogen and oxygen atoms in total. The normalized spacial score (nSPS) is 22.6. The molecule has 0 spiro atoms. The first-order chi connectivity index (χ1) is 10.1. The van der Waals surface area contributed by atoms with Gasteiger partial charge in [-0.25, -0.2) is 0 Å². The first-order valence-corrected chi connectivity index (χ1v) is 8.27. The van der Waals surface area contributed by atoms with E-state index >= 15 is 0 Å². The SMILES string of the molecule is COCCNCc1cc(Br)ccc1N1CC(C)OCC1C. The van der Waals surface area contributed by atoms with Gasteiger partial charge in [0.1, 0.15) is 0 Å². The zero-order valence-corrected chi connectivity index (χ0v) is 14.6. The smallest absolute Gasteiger partial charge is 0.0723 e. The summed E-state index contributed by atoms with van der Waals surface area (Å²) in [6, 6.07) is 6.91. The van der Waals surface area contributed by atoms with Gasteiger partial charge in [-0.3, -0.25) is 0 Å². The van der Waals surface area contributed by atoms with Crippen LogP contribution in [0.25, 0.3) is 0 Å². The lowest BCUT2D eigenvalue weighted by atomic mass is 10.1.